The van der Waals surface area contributed by atoms with Crippen LogP contribution in [0, 0.1) is 18.2 Å². The van der Waals surface area contributed by atoms with Gasteiger partial charge in [0.1, 0.15) is 5.82 Å². The molecule has 0 aliphatic rings. The van der Waals surface area contributed by atoms with Crippen LogP contribution in [0.25, 0.3) is 0 Å². The van der Waals surface area contributed by atoms with Crippen LogP contribution in [-0.2, 0) is 0 Å². The highest BCUT2D eigenvalue weighted by Crippen LogP contribution is 2.24. The number of nitrogens with two attached hydrogens (primary N) is 1. The summed E-state index contributed by atoms with van der Waals surface area (Å²) >= 11 is 5.59. The minimum atomic E-state index is -0.522. The van der Waals surface area contributed by atoms with Crippen LogP contribution in [0.4, 0.5) is 10.1 Å². The molecule has 0 aromatic heterocycles. The molecule has 0 radical (unpaired) electrons. The Hall–Kier alpha value is -1.20. The van der Waals surface area contributed by atoms with Gasteiger partial charge in [0.2, 0.25) is 0 Å². The Morgan fingerprint density at radius 2 is 2.18 bits per heavy atom. The van der Waals surface area contributed by atoms with Crippen molar-refractivity contribution in [3.63, 3.8) is 0 Å². The van der Waals surface area contributed by atoms with Crippen molar-refractivity contribution < 1.29 is 4.39 Å². The first kappa shape index (κ1) is 7.90. The van der Waals surface area contributed by atoms with Gasteiger partial charge in [0.25, 0.3) is 0 Å². The molecule has 0 spiro atoms. The van der Waals surface area contributed by atoms with Gasteiger partial charge in [-0.3, -0.25) is 0 Å². The fourth-order valence-electron chi connectivity index (χ4n) is 0.701. The van der Waals surface area contributed by atoms with Crippen LogP contribution in [0.3, 0.4) is 0 Å². The smallest absolute Gasteiger partial charge is 0.140 e. The van der Waals surface area contributed by atoms with E-state index in [1.807, 2.05) is 0 Å². The van der Waals surface area contributed by atoms with Crippen molar-refractivity contribution in [1.29, 1.82) is 0 Å². The van der Waals surface area contributed by atoms with E-state index in [1.165, 1.54) is 12.1 Å². The molecular weight excluding hydrogens is 165 g/mol. The molecule has 0 bridgehead atoms. The summed E-state index contributed by atoms with van der Waals surface area (Å²) < 4.78 is 12.7. The molecule has 1 aromatic carbocycles. The van der Waals surface area contributed by atoms with Gasteiger partial charge in [-0.1, -0.05) is 17.5 Å². The first-order chi connectivity index (χ1) is 5.16. The van der Waals surface area contributed by atoms with Crippen LogP contribution in [0.15, 0.2) is 12.1 Å². The minimum Gasteiger partial charge on any atom is -0.397 e. The van der Waals surface area contributed by atoms with Crippen molar-refractivity contribution in [2.24, 2.45) is 0 Å². The van der Waals surface area contributed by atoms with E-state index in [0.717, 1.165) is 0 Å². The molecule has 1 nitrogen and oxygen atoms in total. The Morgan fingerprint density at radius 3 is 2.64 bits per heavy atom. The third kappa shape index (κ3) is 1.28. The molecule has 0 atom stereocenters. The van der Waals surface area contributed by atoms with E-state index < -0.39 is 5.82 Å². The second-order valence-corrected chi connectivity index (χ2v) is 2.35. The molecule has 0 fully saturated rings. The van der Waals surface area contributed by atoms with E-state index in [2.05, 4.69) is 5.92 Å². The fraction of sp³-hybridized carbons (Fsp3) is 0. The van der Waals surface area contributed by atoms with Gasteiger partial charge in [-0.2, -0.15) is 0 Å². The predicted molar refractivity (Wildman–Crippen MR) is 43.8 cm³/mol. The lowest BCUT2D eigenvalue weighted by atomic mass is 10.2. The average Bonchev–Trinajstić information content (AvgIpc) is 1.99. The Bertz CT molecular complexity index is 328. The standard InChI is InChI=1S/C8H5ClFN/c1-2-5-6(10)3-4-7(11)8(5)9/h1,3-4H,11H2. The third-order valence-corrected chi connectivity index (χ3v) is 1.67. The lowest BCUT2D eigenvalue weighted by molar-refractivity contribution is 0.625. The Balaban J connectivity index is 3.44. The van der Waals surface area contributed by atoms with E-state index in [1.54, 1.807) is 0 Å². The predicted octanol–water partition coefficient (Wildman–Crippen LogP) is 2.04. The number of benzene rings is 1. The second-order valence-electron chi connectivity index (χ2n) is 1.97. The van der Waals surface area contributed by atoms with Gasteiger partial charge >= 0.3 is 0 Å². The molecule has 3 heteroatoms. The number of hydrogen-bond acceptors (Lipinski definition) is 1. The molecule has 1 rings (SSSR count). The molecule has 1 aromatic rings. The molecule has 2 N–H and O–H groups in total. The molecular formula is C8H5ClFN. The molecule has 0 unspecified atom stereocenters. The fourth-order valence-corrected chi connectivity index (χ4v) is 0.909. The summed E-state index contributed by atoms with van der Waals surface area (Å²) in [7, 11) is 0. The summed E-state index contributed by atoms with van der Waals surface area (Å²) in [5, 5.41) is 0.104. The quantitative estimate of drug-likeness (QED) is 0.467. The summed E-state index contributed by atoms with van der Waals surface area (Å²) in [5.74, 6) is 1.60. The van der Waals surface area contributed by atoms with Crippen LogP contribution < -0.4 is 5.73 Å². The Kier molecular flexibility index (Phi) is 2.02. The summed E-state index contributed by atoms with van der Waals surface area (Å²) in [4.78, 5) is 0. The van der Waals surface area contributed by atoms with Crippen molar-refractivity contribution >= 4 is 17.3 Å². The van der Waals surface area contributed by atoms with Gasteiger partial charge in [-0.15, -0.1) is 6.42 Å². The topological polar surface area (TPSA) is 26.0 Å². The van der Waals surface area contributed by atoms with Gasteiger partial charge in [-0.05, 0) is 12.1 Å². The number of hydrogen-bond donors (Lipinski definition) is 1. The normalized spacial score (nSPS) is 9.18. The van der Waals surface area contributed by atoms with Crippen LogP contribution in [0.5, 0.6) is 0 Å². The molecule has 0 saturated heterocycles. The van der Waals surface area contributed by atoms with Gasteiger partial charge in [0.05, 0.1) is 16.3 Å². The maximum atomic E-state index is 12.7. The lowest BCUT2D eigenvalue weighted by Gasteiger charge is -2.00. The highest BCUT2D eigenvalue weighted by molar-refractivity contribution is 6.34. The highest BCUT2D eigenvalue weighted by Gasteiger charge is 2.06. The van der Waals surface area contributed by atoms with Crippen molar-refractivity contribution in [2.45, 2.75) is 0 Å². The molecule has 0 saturated carbocycles. The van der Waals surface area contributed by atoms with Crippen LogP contribution in [-0.4, -0.2) is 0 Å². The van der Waals surface area contributed by atoms with E-state index in [-0.39, 0.29) is 10.6 Å². The third-order valence-electron chi connectivity index (χ3n) is 1.27. The zero-order valence-corrected chi connectivity index (χ0v) is 6.32. The van der Waals surface area contributed by atoms with E-state index >= 15 is 0 Å². The van der Waals surface area contributed by atoms with Crippen LogP contribution in [0.1, 0.15) is 5.56 Å². The summed E-state index contributed by atoms with van der Waals surface area (Å²) in [6.07, 6.45) is 4.99. The molecule has 0 amide bonds. The number of nitrogen functional groups attached to an aromatic ring is 1. The van der Waals surface area contributed by atoms with Crippen molar-refractivity contribution in [3.8, 4) is 12.3 Å². The maximum Gasteiger partial charge on any atom is 0.140 e. The molecule has 0 heterocycles. The summed E-state index contributed by atoms with van der Waals surface area (Å²) in [5.41, 5.74) is 5.68. The van der Waals surface area contributed by atoms with Crippen molar-refractivity contribution in [2.75, 3.05) is 5.73 Å². The Morgan fingerprint density at radius 1 is 1.55 bits per heavy atom. The van der Waals surface area contributed by atoms with Gasteiger partial charge in [-0.25, -0.2) is 4.39 Å². The zero-order chi connectivity index (χ0) is 8.43. The van der Waals surface area contributed by atoms with Gasteiger partial charge < -0.3 is 5.73 Å². The van der Waals surface area contributed by atoms with Gasteiger partial charge in [0.15, 0.2) is 0 Å². The second kappa shape index (κ2) is 2.81. The zero-order valence-electron chi connectivity index (χ0n) is 5.57. The van der Waals surface area contributed by atoms with Crippen LogP contribution in [0.2, 0.25) is 5.02 Å². The number of terminal acetylenes is 1. The first-order valence-corrected chi connectivity index (χ1v) is 3.24. The monoisotopic (exact) mass is 169 g/mol. The SMILES string of the molecule is C#Cc1c(F)ccc(N)c1Cl. The van der Waals surface area contributed by atoms with E-state index in [4.69, 9.17) is 23.8 Å². The average molecular weight is 170 g/mol. The molecule has 0 aliphatic heterocycles. The number of rotatable bonds is 0. The number of anilines is 1. The molecule has 56 valence electrons. The van der Waals surface area contributed by atoms with E-state index in [0.29, 0.717) is 5.69 Å². The molecule has 0 aliphatic carbocycles. The van der Waals surface area contributed by atoms with Gasteiger partial charge in [0, 0.05) is 0 Å². The minimum absolute atomic E-state index is 0.0201. The van der Waals surface area contributed by atoms with Crippen molar-refractivity contribution in [1.82, 2.24) is 0 Å². The van der Waals surface area contributed by atoms with Crippen molar-refractivity contribution in [3.05, 3.63) is 28.5 Å². The lowest BCUT2D eigenvalue weighted by Crippen LogP contribution is -1.91. The Labute approximate surface area is 69.0 Å². The highest BCUT2D eigenvalue weighted by atomic mass is 35.5. The molecule has 11 heavy (non-hydrogen) atoms. The first-order valence-electron chi connectivity index (χ1n) is 2.87. The summed E-state index contributed by atoms with van der Waals surface area (Å²) in [6.45, 7) is 0. The van der Waals surface area contributed by atoms with Crippen LogP contribution >= 0.6 is 11.6 Å². The summed E-state index contributed by atoms with van der Waals surface area (Å²) in [6, 6.07) is 2.56. The number of halogens is 2. The largest absolute Gasteiger partial charge is 0.397 e. The van der Waals surface area contributed by atoms with E-state index in [9.17, 15) is 4.39 Å². The maximum absolute atomic E-state index is 12.7.